The van der Waals surface area contributed by atoms with Gasteiger partial charge in [-0.2, -0.15) is 0 Å². The van der Waals surface area contributed by atoms with Crippen molar-refractivity contribution in [3.05, 3.63) is 53.1 Å². The van der Waals surface area contributed by atoms with Gasteiger partial charge in [0, 0.05) is 21.4 Å². The molecule has 0 amide bonds. The average Bonchev–Trinajstić information content (AvgIpc) is 2.43. The molecule has 0 aliphatic carbocycles. The summed E-state index contributed by atoms with van der Waals surface area (Å²) in [6.07, 6.45) is 0. The Hall–Kier alpha value is -1.17. The lowest BCUT2D eigenvalue weighted by atomic mass is 10.2. The monoisotopic (exact) mass is 341 g/mol. The zero-order chi connectivity index (χ0) is 15.5. The van der Waals surface area contributed by atoms with Crippen LogP contribution in [0.25, 0.3) is 0 Å². The summed E-state index contributed by atoms with van der Waals surface area (Å²) >= 11 is 7.27. The summed E-state index contributed by atoms with van der Waals surface area (Å²) in [4.78, 5) is 1.32. The standard InChI is InChI=1S/C15H16ClNO2S2/c1-11-2-5-13(17)10-15(11)20-8-9-21(18,19)14-6-3-12(16)4-7-14/h2-7,10H,8-9,17H2,1H3. The Morgan fingerprint density at radius 1 is 1.14 bits per heavy atom. The fraction of sp³-hybridized carbons (Fsp3) is 0.200. The summed E-state index contributed by atoms with van der Waals surface area (Å²) < 4.78 is 24.4. The highest BCUT2D eigenvalue weighted by molar-refractivity contribution is 8.00. The Morgan fingerprint density at radius 3 is 2.48 bits per heavy atom. The minimum Gasteiger partial charge on any atom is -0.399 e. The molecule has 0 saturated heterocycles. The van der Waals surface area contributed by atoms with Crippen LogP contribution in [0.2, 0.25) is 5.02 Å². The third kappa shape index (κ3) is 4.40. The number of halogens is 1. The van der Waals surface area contributed by atoms with Crippen molar-refractivity contribution in [1.82, 2.24) is 0 Å². The smallest absolute Gasteiger partial charge is 0.179 e. The van der Waals surface area contributed by atoms with Gasteiger partial charge in [-0.05, 0) is 48.9 Å². The van der Waals surface area contributed by atoms with Crippen LogP contribution in [0.15, 0.2) is 52.3 Å². The minimum atomic E-state index is -3.28. The summed E-state index contributed by atoms with van der Waals surface area (Å²) in [7, 11) is -3.28. The van der Waals surface area contributed by atoms with E-state index in [1.54, 1.807) is 12.1 Å². The Balaban J connectivity index is 2.02. The van der Waals surface area contributed by atoms with Gasteiger partial charge in [-0.15, -0.1) is 11.8 Å². The number of nitrogens with two attached hydrogens (primary N) is 1. The quantitative estimate of drug-likeness (QED) is 0.663. The molecule has 2 rings (SSSR count). The van der Waals surface area contributed by atoms with E-state index in [-0.39, 0.29) is 5.75 Å². The molecule has 0 atom stereocenters. The molecule has 0 fully saturated rings. The number of benzene rings is 2. The number of rotatable bonds is 5. The molecule has 0 radical (unpaired) electrons. The number of thioether (sulfide) groups is 1. The van der Waals surface area contributed by atoms with Gasteiger partial charge in [0.05, 0.1) is 10.6 Å². The van der Waals surface area contributed by atoms with E-state index >= 15 is 0 Å². The van der Waals surface area contributed by atoms with Crippen molar-refractivity contribution in [3.63, 3.8) is 0 Å². The summed E-state index contributed by atoms with van der Waals surface area (Å²) in [5.41, 5.74) is 7.53. The maximum absolute atomic E-state index is 12.2. The van der Waals surface area contributed by atoms with Gasteiger partial charge in [0.15, 0.2) is 9.84 Å². The molecule has 0 saturated carbocycles. The molecule has 0 aliphatic rings. The molecule has 21 heavy (non-hydrogen) atoms. The first-order valence-corrected chi connectivity index (χ1v) is 9.37. The first-order valence-electron chi connectivity index (χ1n) is 6.36. The van der Waals surface area contributed by atoms with E-state index in [9.17, 15) is 8.42 Å². The van der Waals surface area contributed by atoms with E-state index in [0.29, 0.717) is 21.4 Å². The Bertz CT molecular complexity index is 728. The highest BCUT2D eigenvalue weighted by Crippen LogP contribution is 2.25. The lowest BCUT2D eigenvalue weighted by Crippen LogP contribution is -2.08. The third-order valence-electron chi connectivity index (χ3n) is 2.99. The van der Waals surface area contributed by atoms with Gasteiger partial charge < -0.3 is 5.73 Å². The molecule has 0 aromatic heterocycles. The van der Waals surface area contributed by atoms with E-state index in [2.05, 4.69) is 0 Å². The number of aryl methyl sites for hydroxylation is 1. The van der Waals surface area contributed by atoms with E-state index in [1.807, 2.05) is 25.1 Å². The van der Waals surface area contributed by atoms with Gasteiger partial charge >= 0.3 is 0 Å². The predicted octanol–water partition coefficient (Wildman–Crippen LogP) is 3.80. The molecule has 0 heterocycles. The Labute approximate surface area is 134 Å². The third-order valence-corrected chi connectivity index (χ3v) is 6.40. The first kappa shape index (κ1) is 16.2. The number of hydrogen-bond acceptors (Lipinski definition) is 4. The number of nitrogen functional groups attached to an aromatic ring is 1. The van der Waals surface area contributed by atoms with Crippen LogP contribution in [0.4, 0.5) is 5.69 Å². The molecule has 3 nitrogen and oxygen atoms in total. The van der Waals surface area contributed by atoms with Crippen LogP contribution < -0.4 is 5.73 Å². The topological polar surface area (TPSA) is 60.2 Å². The summed E-state index contributed by atoms with van der Waals surface area (Å²) in [6, 6.07) is 11.9. The number of anilines is 1. The fourth-order valence-corrected chi connectivity index (χ4v) is 4.65. The van der Waals surface area contributed by atoms with Crippen molar-refractivity contribution in [2.75, 3.05) is 17.2 Å². The van der Waals surface area contributed by atoms with Gasteiger partial charge in [0.1, 0.15) is 0 Å². The van der Waals surface area contributed by atoms with Crippen LogP contribution in [0.1, 0.15) is 5.56 Å². The van der Waals surface area contributed by atoms with Crippen LogP contribution in [-0.2, 0) is 9.84 Å². The molecule has 2 aromatic rings. The van der Waals surface area contributed by atoms with Gasteiger partial charge in [-0.3, -0.25) is 0 Å². The minimum absolute atomic E-state index is 0.0769. The molecule has 0 unspecified atom stereocenters. The van der Waals surface area contributed by atoms with Crippen molar-refractivity contribution in [2.24, 2.45) is 0 Å². The zero-order valence-electron chi connectivity index (χ0n) is 11.5. The second kappa shape index (κ2) is 6.73. The maximum atomic E-state index is 12.2. The molecule has 0 bridgehead atoms. The van der Waals surface area contributed by atoms with E-state index < -0.39 is 9.84 Å². The van der Waals surface area contributed by atoms with Crippen LogP contribution in [0, 0.1) is 6.92 Å². The molecular weight excluding hydrogens is 326 g/mol. The normalized spacial score (nSPS) is 11.5. The fourth-order valence-electron chi connectivity index (χ4n) is 1.79. The predicted molar refractivity (Wildman–Crippen MR) is 89.8 cm³/mol. The van der Waals surface area contributed by atoms with Crippen LogP contribution in [-0.4, -0.2) is 19.9 Å². The lowest BCUT2D eigenvalue weighted by Gasteiger charge is -2.07. The van der Waals surface area contributed by atoms with Gasteiger partial charge in [0.2, 0.25) is 0 Å². The van der Waals surface area contributed by atoms with E-state index in [0.717, 1.165) is 10.5 Å². The number of hydrogen-bond donors (Lipinski definition) is 1. The van der Waals surface area contributed by atoms with Crippen LogP contribution >= 0.6 is 23.4 Å². The average molecular weight is 342 g/mol. The molecular formula is C15H16ClNO2S2. The molecule has 112 valence electrons. The molecule has 0 aliphatic heterocycles. The molecule has 2 aromatic carbocycles. The zero-order valence-corrected chi connectivity index (χ0v) is 13.9. The van der Waals surface area contributed by atoms with Crippen molar-refractivity contribution < 1.29 is 8.42 Å². The van der Waals surface area contributed by atoms with Crippen molar-refractivity contribution in [1.29, 1.82) is 0 Å². The van der Waals surface area contributed by atoms with E-state index in [4.69, 9.17) is 17.3 Å². The second-order valence-electron chi connectivity index (χ2n) is 4.65. The lowest BCUT2D eigenvalue weighted by molar-refractivity contribution is 0.597. The first-order chi connectivity index (χ1) is 9.88. The van der Waals surface area contributed by atoms with Gasteiger partial charge in [-0.1, -0.05) is 17.7 Å². The summed E-state index contributed by atoms with van der Waals surface area (Å²) in [6.45, 7) is 1.98. The van der Waals surface area contributed by atoms with Gasteiger partial charge in [0.25, 0.3) is 0 Å². The molecule has 6 heteroatoms. The van der Waals surface area contributed by atoms with E-state index in [1.165, 1.54) is 23.9 Å². The maximum Gasteiger partial charge on any atom is 0.179 e. The second-order valence-corrected chi connectivity index (χ2v) is 8.33. The molecule has 0 spiro atoms. The SMILES string of the molecule is Cc1ccc(N)cc1SCCS(=O)(=O)c1ccc(Cl)cc1. The van der Waals surface area contributed by atoms with Crippen molar-refractivity contribution in [3.8, 4) is 0 Å². The largest absolute Gasteiger partial charge is 0.399 e. The Morgan fingerprint density at radius 2 is 1.81 bits per heavy atom. The van der Waals surface area contributed by atoms with Gasteiger partial charge in [-0.25, -0.2) is 8.42 Å². The number of sulfone groups is 1. The van der Waals surface area contributed by atoms with Crippen LogP contribution in [0.5, 0.6) is 0 Å². The van der Waals surface area contributed by atoms with Crippen LogP contribution in [0.3, 0.4) is 0 Å². The highest BCUT2D eigenvalue weighted by Gasteiger charge is 2.14. The van der Waals surface area contributed by atoms with Crippen molar-refractivity contribution in [2.45, 2.75) is 16.7 Å². The van der Waals surface area contributed by atoms with Crippen molar-refractivity contribution >= 4 is 38.9 Å². The summed E-state index contributed by atoms with van der Waals surface area (Å²) in [5.74, 6) is 0.558. The molecule has 2 N–H and O–H groups in total. The highest BCUT2D eigenvalue weighted by atomic mass is 35.5. The summed E-state index contributed by atoms with van der Waals surface area (Å²) in [5, 5.41) is 0.527. The Kier molecular flexibility index (Phi) is 5.19.